The van der Waals surface area contributed by atoms with E-state index in [4.69, 9.17) is 23.2 Å². The molecule has 1 aliphatic rings. The maximum Gasteiger partial charge on any atom is 0.0595 e. The molecule has 0 saturated heterocycles. The summed E-state index contributed by atoms with van der Waals surface area (Å²) in [7, 11) is 0. The van der Waals surface area contributed by atoms with Crippen molar-refractivity contribution >= 4 is 23.2 Å². The minimum atomic E-state index is 0.413. The van der Waals surface area contributed by atoms with E-state index in [1.54, 1.807) is 0 Å². The molecule has 1 aromatic rings. The molecule has 0 heterocycles. The number of benzene rings is 1. The maximum absolute atomic E-state index is 6.16. The van der Waals surface area contributed by atoms with E-state index in [1.807, 2.05) is 12.1 Å². The van der Waals surface area contributed by atoms with Crippen molar-refractivity contribution in [2.45, 2.75) is 45.6 Å². The smallest absolute Gasteiger partial charge is 0.0595 e. The van der Waals surface area contributed by atoms with Crippen LogP contribution in [0, 0.1) is 11.8 Å². The van der Waals surface area contributed by atoms with E-state index >= 15 is 0 Å². The SMILES string of the molecule is CCNC(c1ccc(Cl)c(Cl)c1)C1CCC(CC)C1. The van der Waals surface area contributed by atoms with Gasteiger partial charge in [-0.25, -0.2) is 0 Å². The van der Waals surface area contributed by atoms with Gasteiger partial charge in [-0.2, -0.15) is 0 Å². The van der Waals surface area contributed by atoms with Gasteiger partial charge >= 0.3 is 0 Å². The van der Waals surface area contributed by atoms with E-state index in [2.05, 4.69) is 25.2 Å². The normalized spacial score (nSPS) is 24.6. The Hall–Kier alpha value is -0.240. The van der Waals surface area contributed by atoms with E-state index in [0.29, 0.717) is 16.1 Å². The highest BCUT2D eigenvalue weighted by Crippen LogP contribution is 2.41. The molecule has 106 valence electrons. The fourth-order valence-corrected chi connectivity index (χ4v) is 3.58. The summed E-state index contributed by atoms with van der Waals surface area (Å²) in [5.41, 5.74) is 1.28. The van der Waals surface area contributed by atoms with Gasteiger partial charge in [-0.3, -0.25) is 0 Å². The van der Waals surface area contributed by atoms with Crippen LogP contribution in [0.25, 0.3) is 0 Å². The first-order valence-corrected chi connectivity index (χ1v) is 8.09. The van der Waals surface area contributed by atoms with Crippen molar-refractivity contribution in [1.82, 2.24) is 5.32 Å². The quantitative estimate of drug-likeness (QED) is 0.760. The molecule has 1 aromatic carbocycles. The summed E-state index contributed by atoms with van der Waals surface area (Å²) in [5.74, 6) is 1.62. The van der Waals surface area contributed by atoms with Crippen molar-refractivity contribution in [1.29, 1.82) is 0 Å². The molecule has 3 heteroatoms. The van der Waals surface area contributed by atoms with E-state index in [0.717, 1.165) is 18.4 Å². The van der Waals surface area contributed by atoms with Crippen molar-refractivity contribution in [3.8, 4) is 0 Å². The van der Waals surface area contributed by atoms with Gasteiger partial charge in [0.05, 0.1) is 10.0 Å². The summed E-state index contributed by atoms with van der Waals surface area (Å²) in [5, 5.41) is 4.93. The maximum atomic E-state index is 6.16. The molecule has 3 unspecified atom stereocenters. The predicted octanol–water partition coefficient (Wildman–Crippen LogP) is 5.47. The largest absolute Gasteiger partial charge is 0.310 e. The molecule has 0 spiro atoms. The molecule has 1 fully saturated rings. The van der Waals surface area contributed by atoms with Gasteiger partial charge in [-0.05, 0) is 48.9 Å². The minimum absolute atomic E-state index is 0.413. The third-order valence-corrected chi connectivity index (χ3v) is 5.10. The first-order chi connectivity index (χ1) is 9.15. The Balaban J connectivity index is 2.17. The summed E-state index contributed by atoms with van der Waals surface area (Å²) >= 11 is 12.2. The van der Waals surface area contributed by atoms with Gasteiger partial charge in [-0.1, -0.05) is 56.0 Å². The van der Waals surface area contributed by atoms with Gasteiger partial charge in [0.25, 0.3) is 0 Å². The number of rotatable bonds is 5. The fraction of sp³-hybridized carbons (Fsp3) is 0.625. The molecule has 0 aromatic heterocycles. The Bertz CT molecular complexity index is 419. The molecule has 0 bridgehead atoms. The van der Waals surface area contributed by atoms with Crippen molar-refractivity contribution in [2.75, 3.05) is 6.54 Å². The molecule has 19 heavy (non-hydrogen) atoms. The van der Waals surface area contributed by atoms with Gasteiger partial charge in [0.2, 0.25) is 0 Å². The lowest BCUT2D eigenvalue weighted by Gasteiger charge is -2.25. The molecule has 1 N–H and O–H groups in total. The van der Waals surface area contributed by atoms with E-state index in [-0.39, 0.29) is 0 Å². The lowest BCUT2D eigenvalue weighted by Crippen LogP contribution is -2.27. The van der Waals surface area contributed by atoms with Crippen LogP contribution in [0.2, 0.25) is 10.0 Å². The Morgan fingerprint density at radius 1 is 1.21 bits per heavy atom. The second kappa shape index (κ2) is 6.97. The summed E-state index contributed by atoms with van der Waals surface area (Å²) in [6.07, 6.45) is 5.31. The highest BCUT2D eigenvalue weighted by atomic mass is 35.5. The molecule has 0 aliphatic heterocycles. The molecule has 1 aliphatic carbocycles. The molecule has 0 amide bonds. The summed E-state index contributed by atoms with van der Waals surface area (Å²) < 4.78 is 0. The van der Waals surface area contributed by atoms with Crippen LogP contribution in [0.5, 0.6) is 0 Å². The number of halogens is 2. The van der Waals surface area contributed by atoms with E-state index < -0.39 is 0 Å². The predicted molar refractivity (Wildman–Crippen MR) is 84.0 cm³/mol. The second-order valence-corrected chi connectivity index (χ2v) is 6.37. The number of hydrogen-bond acceptors (Lipinski definition) is 1. The zero-order valence-electron chi connectivity index (χ0n) is 11.8. The van der Waals surface area contributed by atoms with Crippen LogP contribution in [0.1, 0.15) is 51.1 Å². The first kappa shape index (κ1) is 15.2. The van der Waals surface area contributed by atoms with E-state index in [1.165, 1.54) is 31.2 Å². The third-order valence-electron chi connectivity index (χ3n) is 4.36. The van der Waals surface area contributed by atoms with Gasteiger partial charge in [-0.15, -0.1) is 0 Å². The lowest BCUT2D eigenvalue weighted by atomic mass is 9.90. The van der Waals surface area contributed by atoms with Crippen LogP contribution < -0.4 is 5.32 Å². The van der Waals surface area contributed by atoms with Crippen LogP contribution in [0.15, 0.2) is 18.2 Å². The standard InChI is InChI=1S/C16H23Cl2N/c1-3-11-5-6-12(9-11)16(19-4-2)13-7-8-14(17)15(18)10-13/h7-8,10-12,16,19H,3-6,9H2,1-2H3. The highest BCUT2D eigenvalue weighted by Gasteiger charge is 2.30. The molecular formula is C16H23Cl2N. The highest BCUT2D eigenvalue weighted by molar-refractivity contribution is 6.42. The van der Waals surface area contributed by atoms with Crippen LogP contribution in [0.4, 0.5) is 0 Å². The molecule has 0 radical (unpaired) electrons. The van der Waals surface area contributed by atoms with Gasteiger partial charge in [0, 0.05) is 6.04 Å². The summed E-state index contributed by atoms with van der Waals surface area (Å²) in [6.45, 7) is 5.45. The van der Waals surface area contributed by atoms with Crippen molar-refractivity contribution in [3.63, 3.8) is 0 Å². The van der Waals surface area contributed by atoms with Crippen LogP contribution >= 0.6 is 23.2 Å². The van der Waals surface area contributed by atoms with Gasteiger partial charge < -0.3 is 5.32 Å². The molecule has 1 saturated carbocycles. The Morgan fingerprint density at radius 2 is 2.00 bits per heavy atom. The fourth-order valence-electron chi connectivity index (χ4n) is 3.27. The molecular weight excluding hydrogens is 277 g/mol. The third kappa shape index (κ3) is 3.65. The second-order valence-electron chi connectivity index (χ2n) is 5.56. The van der Waals surface area contributed by atoms with Crippen LogP contribution in [-0.4, -0.2) is 6.54 Å². The molecule has 1 nitrogen and oxygen atoms in total. The van der Waals surface area contributed by atoms with Crippen molar-refractivity contribution in [2.24, 2.45) is 11.8 Å². The van der Waals surface area contributed by atoms with Crippen LogP contribution in [0.3, 0.4) is 0 Å². The Kier molecular flexibility index (Phi) is 5.56. The minimum Gasteiger partial charge on any atom is -0.310 e. The Labute approximate surface area is 126 Å². The number of hydrogen-bond donors (Lipinski definition) is 1. The zero-order chi connectivity index (χ0) is 13.8. The lowest BCUT2D eigenvalue weighted by molar-refractivity contribution is 0.359. The zero-order valence-corrected chi connectivity index (χ0v) is 13.3. The van der Waals surface area contributed by atoms with E-state index in [9.17, 15) is 0 Å². The number of nitrogens with one attached hydrogen (secondary N) is 1. The van der Waals surface area contributed by atoms with Gasteiger partial charge in [0.15, 0.2) is 0 Å². The monoisotopic (exact) mass is 299 g/mol. The van der Waals surface area contributed by atoms with Crippen molar-refractivity contribution in [3.05, 3.63) is 33.8 Å². The average molecular weight is 300 g/mol. The van der Waals surface area contributed by atoms with Gasteiger partial charge in [0.1, 0.15) is 0 Å². The van der Waals surface area contributed by atoms with Crippen molar-refractivity contribution < 1.29 is 0 Å². The molecule has 2 rings (SSSR count). The topological polar surface area (TPSA) is 12.0 Å². The first-order valence-electron chi connectivity index (χ1n) is 7.34. The average Bonchev–Trinajstić information content (AvgIpc) is 2.88. The summed E-state index contributed by atoms with van der Waals surface area (Å²) in [6, 6.07) is 6.46. The van der Waals surface area contributed by atoms with Crippen LogP contribution in [-0.2, 0) is 0 Å². The Morgan fingerprint density at radius 3 is 2.58 bits per heavy atom. The molecule has 3 atom stereocenters. The summed E-state index contributed by atoms with van der Waals surface area (Å²) in [4.78, 5) is 0.